The van der Waals surface area contributed by atoms with E-state index in [1.165, 1.54) is 10.6 Å². The minimum absolute atomic E-state index is 0.138. The Morgan fingerprint density at radius 2 is 1.65 bits per heavy atom. The highest BCUT2D eigenvalue weighted by Gasteiger charge is 2.28. The molecule has 2 rings (SSSR count). The van der Waals surface area contributed by atoms with Crippen LogP contribution in [0.1, 0.15) is 49.8 Å². The van der Waals surface area contributed by atoms with Gasteiger partial charge in [0.15, 0.2) is 0 Å². The summed E-state index contributed by atoms with van der Waals surface area (Å²) in [6.45, 7) is 8.63. The van der Waals surface area contributed by atoms with Crippen LogP contribution < -0.4 is 9.62 Å². The summed E-state index contributed by atoms with van der Waals surface area (Å²) in [5, 5.41) is 2.83. The van der Waals surface area contributed by atoms with E-state index < -0.39 is 16.1 Å². The van der Waals surface area contributed by atoms with Crippen LogP contribution in [0.2, 0.25) is 0 Å². The largest absolute Gasteiger partial charge is 0.355 e. The summed E-state index contributed by atoms with van der Waals surface area (Å²) in [5.74, 6) is -0.346. The highest BCUT2D eigenvalue weighted by molar-refractivity contribution is 7.92. The number of amides is 2. The second kappa shape index (κ2) is 12.6. The number of likely N-dealkylation sites (N-methyl/N-ethyl adjacent to an activating group) is 1. The Morgan fingerprint density at radius 1 is 1.00 bits per heavy atom. The molecular formula is C26H37N3O4S. The Labute approximate surface area is 204 Å². The average Bonchev–Trinajstić information content (AvgIpc) is 2.75. The number of rotatable bonds is 12. The second-order valence-corrected chi connectivity index (χ2v) is 10.5. The van der Waals surface area contributed by atoms with Crippen LogP contribution in [-0.4, -0.2) is 50.5 Å². The Morgan fingerprint density at radius 3 is 2.21 bits per heavy atom. The van der Waals surface area contributed by atoms with Crippen molar-refractivity contribution < 1.29 is 18.0 Å². The SMILES string of the molecule is CCNC(=O)C(CC)N(Cc1cccc(C)c1)C(=O)CCCN(c1cccc(C)c1)S(C)(=O)=O. The van der Waals surface area contributed by atoms with Gasteiger partial charge >= 0.3 is 0 Å². The van der Waals surface area contributed by atoms with Gasteiger partial charge in [0, 0.05) is 26.1 Å². The first-order valence-electron chi connectivity index (χ1n) is 11.7. The predicted molar refractivity (Wildman–Crippen MR) is 137 cm³/mol. The van der Waals surface area contributed by atoms with Crippen LogP contribution in [0.15, 0.2) is 48.5 Å². The predicted octanol–water partition coefficient (Wildman–Crippen LogP) is 3.79. The van der Waals surface area contributed by atoms with Crippen molar-refractivity contribution in [2.75, 3.05) is 23.7 Å². The zero-order chi connectivity index (χ0) is 25.3. The van der Waals surface area contributed by atoms with Gasteiger partial charge < -0.3 is 10.2 Å². The zero-order valence-electron chi connectivity index (χ0n) is 20.9. The summed E-state index contributed by atoms with van der Waals surface area (Å²) in [7, 11) is -3.50. The standard InChI is InChI=1S/C26H37N3O4S/c1-6-24(26(31)27-7-2)28(19-22-13-8-11-20(3)17-22)25(30)15-10-16-29(34(5,32)33)23-14-9-12-21(4)18-23/h8-9,11-14,17-18,24H,6-7,10,15-16,19H2,1-5H3,(H,27,31). The Balaban J connectivity index is 2.20. The molecule has 2 aromatic rings. The molecule has 0 aliphatic rings. The highest BCUT2D eigenvalue weighted by Crippen LogP contribution is 2.21. The van der Waals surface area contributed by atoms with Crippen molar-refractivity contribution in [3.8, 4) is 0 Å². The molecule has 0 saturated heterocycles. The number of aryl methyl sites for hydroxylation is 2. The van der Waals surface area contributed by atoms with Crippen molar-refractivity contribution in [3.05, 3.63) is 65.2 Å². The van der Waals surface area contributed by atoms with Gasteiger partial charge in [-0.2, -0.15) is 0 Å². The summed E-state index contributed by atoms with van der Waals surface area (Å²) in [6.07, 6.45) is 2.14. The number of nitrogens with one attached hydrogen (secondary N) is 1. The molecule has 0 heterocycles. The van der Waals surface area contributed by atoms with E-state index in [-0.39, 0.29) is 24.8 Å². The third kappa shape index (κ3) is 7.87. The van der Waals surface area contributed by atoms with Crippen molar-refractivity contribution in [2.45, 2.75) is 59.5 Å². The Kier molecular flexibility index (Phi) is 10.1. The number of carbonyl (C=O) groups excluding carboxylic acids is 2. The summed E-state index contributed by atoms with van der Waals surface area (Å²) < 4.78 is 26.2. The molecule has 1 atom stereocenters. The topological polar surface area (TPSA) is 86.8 Å². The molecule has 1 unspecified atom stereocenters. The minimum Gasteiger partial charge on any atom is -0.355 e. The Hall–Kier alpha value is -2.87. The van der Waals surface area contributed by atoms with Gasteiger partial charge in [-0.05, 0) is 56.9 Å². The molecule has 0 fully saturated rings. The average molecular weight is 488 g/mol. The molecular weight excluding hydrogens is 450 g/mol. The number of carbonyl (C=O) groups is 2. The third-order valence-corrected chi connectivity index (χ3v) is 6.81. The summed E-state index contributed by atoms with van der Waals surface area (Å²) >= 11 is 0. The molecule has 0 aliphatic carbocycles. The first-order valence-corrected chi connectivity index (χ1v) is 13.6. The van der Waals surface area contributed by atoms with Gasteiger partial charge in [-0.3, -0.25) is 13.9 Å². The third-order valence-electron chi connectivity index (χ3n) is 5.61. The molecule has 2 amide bonds. The maximum Gasteiger partial charge on any atom is 0.242 e. The number of sulfonamides is 1. The number of benzene rings is 2. The molecule has 1 N–H and O–H groups in total. The van der Waals surface area contributed by atoms with Gasteiger partial charge in [-0.1, -0.05) is 48.9 Å². The molecule has 0 aliphatic heterocycles. The molecule has 0 aromatic heterocycles. The highest BCUT2D eigenvalue weighted by atomic mass is 32.2. The molecule has 0 radical (unpaired) electrons. The van der Waals surface area contributed by atoms with Crippen molar-refractivity contribution >= 4 is 27.5 Å². The van der Waals surface area contributed by atoms with E-state index in [1.807, 2.05) is 70.2 Å². The van der Waals surface area contributed by atoms with E-state index in [0.29, 0.717) is 31.6 Å². The lowest BCUT2D eigenvalue weighted by Gasteiger charge is -2.31. The fraction of sp³-hybridized carbons (Fsp3) is 0.462. The van der Waals surface area contributed by atoms with Crippen molar-refractivity contribution in [3.63, 3.8) is 0 Å². The van der Waals surface area contributed by atoms with E-state index in [4.69, 9.17) is 0 Å². The van der Waals surface area contributed by atoms with Crippen molar-refractivity contribution in [1.29, 1.82) is 0 Å². The maximum absolute atomic E-state index is 13.3. The molecule has 0 bridgehead atoms. The first kappa shape index (κ1) is 27.4. The van der Waals surface area contributed by atoms with Crippen LogP contribution in [0.3, 0.4) is 0 Å². The van der Waals surface area contributed by atoms with Gasteiger partial charge in [0.05, 0.1) is 11.9 Å². The number of hydrogen-bond donors (Lipinski definition) is 1. The van der Waals surface area contributed by atoms with Gasteiger partial charge in [0.25, 0.3) is 0 Å². The Bertz CT molecular complexity index is 1080. The zero-order valence-corrected chi connectivity index (χ0v) is 21.7. The van der Waals surface area contributed by atoms with E-state index in [9.17, 15) is 18.0 Å². The lowest BCUT2D eigenvalue weighted by Crippen LogP contribution is -2.49. The fourth-order valence-electron chi connectivity index (χ4n) is 4.01. The van der Waals surface area contributed by atoms with Crippen LogP contribution in [-0.2, 0) is 26.2 Å². The van der Waals surface area contributed by atoms with Gasteiger partial charge in [0.2, 0.25) is 21.8 Å². The van der Waals surface area contributed by atoms with E-state index in [0.717, 1.165) is 16.7 Å². The number of hydrogen-bond acceptors (Lipinski definition) is 4. The van der Waals surface area contributed by atoms with E-state index in [2.05, 4.69) is 5.32 Å². The van der Waals surface area contributed by atoms with Crippen LogP contribution in [0.25, 0.3) is 0 Å². The molecule has 8 heteroatoms. The van der Waals surface area contributed by atoms with Crippen molar-refractivity contribution in [2.24, 2.45) is 0 Å². The maximum atomic E-state index is 13.3. The van der Waals surface area contributed by atoms with Gasteiger partial charge in [-0.15, -0.1) is 0 Å². The fourth-order valence-corrected chi connectivity index (χ4v) is 4.96. The lowest BCUT2D eigenvalue weighted by molar-refractivity contribution is -0.141. The first-order chi connectivity index (χ1) is 16.1. The van der Waals surface area contributed by atoms with E-state index >= 15 is 0 Å². The van der Waals surface area contributed by atoms with Gasteiger partial charge in [0.1, 0.15) is 6.04 Å². The van der Waals surface area contributed by atoms with Gasteiger partial charge in [-0.25, -0.2) is 8.42 Å². The second-order valence-electron chi connectivity index (χ2n) is 8.61. The molecule has 34 heavy (non-hydrogen) atoms. The van der Waals surface area contributed by atoms with Crippen LogP contribution in [0.4, 0.5) is 5.69 Å². The quantitative estimate of drug-likeness (QED) is 0.493. The normalized spacial score (nSPS) is 12.1. The summed E-state index contributed by atoms with van der Waals surface area (Å²) in [6, 6.07) is 14.6. The molecule has 186 valence electrons. The smallest absolute Gasteiger partial charge is 0.242 e. The summed E-state index contributed by atoms with van der Waals surface area (Å²) in [4.78, 5) is 27.7. The lowest BCUT2D eigenvalue weighted by atomic mass is 10.1. The molecule has 0 spiro atoms. The minimum atomic E-state index is -3.50. The van der Waals surface area contributed by atoms with Crippen LogP contribution in [0, 0.1) is 13.8 Å². The van der Waals surface area contributed by atoms with E-state index in [1.54, 1.807) is 11.0 Å². The number of anilines is 1. The van der Waals surface area contributed by atoms with Crippen LogP contribution >= 0.6 is 0 Å². The molecule has 0 saturated carbocycles. The summed E-state index contributed by atoms with van der Waals surface area (Å²) in [5.41, 5.74) is 3.58. The monoisotopic (exact) mass is 487 g/mol. The molecule has 2 aromatic carbocycles. The number of nitrogens with zero attached hydrogens (tertiary/aromatic N) is 2. The van der Waals surface area contributed by atoms with Crippen molar-refractivity contribution in [1.82, 2.24) is 10.2 Å². The van der Waals surface area contributed by atoms with Crippen LogP contribution in [0.5, 0.6) is 0 Å². The molecule has 7 nitrogen and oxygen atoms in total.